The fourth-order valence-corrected chi connectivity index (χ4v) is 10.5. The number of esters is 2. The van der Waals surface area contributed by atoms with Gasteiger partial charge in [0.2, 0.25) is 0 Å². The van der Waals surface area contributed by atoms with Crippen molar-refractivity contribution in [3.05, 3.63) is 161 Å². The molecule has 3 N–H and O–H groups in total. The summed E-state index contributed by atoms with van der Waals surface area (Å²) in [6, 6.07) is 42.9. The topological polar surface area (TPSA) is 132 Å². The lowest BCUT2D eigenvalue weighted by Gasteiger charge is -2.52. The van der Waals surface area contributed by atoms with Crippen LogP contribution in [0.2, 0.25) is 0 Å². The van der Waals surface area contributed by atoms with E-state index in [1.165, 1.54) is 21.1 Å². The number of rotatable bonds is 9. The summed E-state index contributed by atoms with van der Waals surface area (Å²) in [6.45, 7) is 1.42. The van der Waals surface area contributed by atoms with Crippen molar-refractivity contribution in [2.24, 2.45) is 5.92 Å². The first-order chi connectivity index (χ1) is 30.5. The molecular weight excluding hydrogens is 793 g/mol. The number of phenols is 3. The fourth-order valence-electron chi connectivity index (χ4n) is 10.5. The normalized spacial score (nSPS) is 20.7. The molecule has 1 saturated carbocycles. The molecule has 0 unspecified atom stereocenters. The van der Waals surface area contributed by atoms with Crippen LogP contribution in [0.25, 0.3) is 32.7 Å². The Morgan fingerprint density at radius 1 is 0.683 bits per heavy atom. The Bertz CT molecular complexity index is 2850. The Kier molecular flexibility index (Phi) is 11.2. The second kappa shape index (κ2) is 17.0. The molecule has 0 amide bonds. The number of benzene rings is 7. The number of phenolic OH excluding ortho intramolecular Hbond substituents is 3. The van der Waals surface area contributed by atoms with E-state index in [-0.39, 0.29) is 41.9 Å². The van der Waals surface area contributed by atoms with Gasteiger partial charge < -0.3 is 34.3 Å². The zero-order chi connectivity index (χ0) is 43.8. The van der Waals surface area contributed by atoms with Gasteiger partial charge in [-0.25, -0.2) is 0 Å². The molecule has 9 heteroatoms. The van der Waals surface area contributed by atoms with Crippen LogP contribution in [0.3, 0.4) is 0 Å². The maximum absolute atomic E-state index is 14.2. The Morgan fingerprint density at radius 2 is 1.43 bits per heavy atom. The van der Waals surface area contributed by atoms with Gasteiger partial charge in [0, 0.05) is 24.7 Å². The van der Waals surface area contributed by atoms with E-state index >= 15 is 0 Å². The van der Waals surface area contributed by atoms with Gasteiger partial charge in [-0.3, -0.25) is 9.59 Å². The van der Waals surface area contributed by atoms with E-state index in [1.54, 1.807) is 24.3 Å². The fraction of sp³-hybridized carbons (Fsp3) is 0.259. The molecule has 7 aromatic carbocycles. The van der Waals surface area contributed by atoms with E-state index in [0.717, 1.165) is 60.5 Å². The standard InChI is InChI=1S/C54H50O9/c1-32(55)62-50-29-44(63-53(59)20-33-13-14-38-22-43(56)28-46(45(38)19-33)35-10-5-4-6-11-35)23-40(37-16-18-48(57)51(26-37)60-2)30-54(42-17-15-34-9-7-8-12-36(34)21-42)31-41-25-49(58)52(61-3)27-39(41)24-47(50)54/h4-19,21-22,25-28,40,44,47,50,56-58H,20,23-24,29-31H2,1-3H3/t40-,44+,47+,50-,54-/m1/s1. The largest absolute Gasteiger partial charge is 0.508 e. The van der Waals surface area contributed by atoms with Crippen LogP contribution in [0.15, 0.2) is 133 Å². The van der Waals surface area contributed by atoms with E-state index in [4.69, 9.17) is 18.9 Å². The smallest absolute Gasteiger partial charge is 0.310 e. The molecule has 0 heterocycles. The second-order valence-corrected chi connectivity index (χ2v) is 17.2. The van der Waals surface area contributed by atoms with Gasteiger partial charge in [0.15, 0.2) is 23.0 Å². The van der Waals surface area contributed by atoms with Gasteiger partial charge in [0.1, 0.15) is 18.0 Å². The summed E-state index contributed by atoms with van der Waals surface area (Å²) in [5.41, 5.74) is 5.87. The van der Waals surface area contributed by atoms with E-state index in [1.807, 2.05) is 78.9 Å². The highest BCUT2D eigenvalue weighted by Gasteiger charge is 2.52. The molecule has 63 heavy (non-hydrogen) atoms. The average molecular weight is 843 g/mol. The third-order valence-corrected chi connectivity index (χ3v) is 13.3. The van der Waals surface area contributed by atoms with Crippen molar-refractivity contribution in [2.45, 2.75) is 69.0 Å². The lowest BCUT2D eigenvalue weighted by Crippen LogP contribution is -2.52. The highest BCUT2D eigenvalue weighted by atomic mass is 16.6. The Labute approximate surface area is 366 Å². The molecule has 2 aliphatic rings. The molecule has 5 atom stereocenters. The number of hydrogen-bond acceptors (Lipinski definition) is 9. The van der Waals surface area contributed by atoms with Crippen LogP contribution in [0.1, 0.15) is 59.9 Å². The molecule has 0 aliphatic heterocycles. The van der Waals surface area contributed by atoms with Gasteiger partial charge in [0.05, 0.1) is 20.6 Å². The van der Waals surface area contributed by atoms with Gasteiger partial charge in [-0.15, -0.1) is 0 Å². The minimum Gasteiger partial charge on any atom is -0.508 e. The van der Waals surface area contributed by atoms with Crippen LogP contribution in [0, 0.1) is 5.92 Å². The third-order valence-electron chi connectivity index (χ3n) is 13.3. The monoisotopic (exact) mass is 842 g/mol. The molecule has 9 rings (SSSR count). The SMILES string of the molecule is COc1cc([C@@H]2C[C@H](OC(=O)Cc3ccc4cc(O)cc(-c5ccccc5)c4c3)C[C@@H](OC(C)=O)[C@@H]3Cc4cc(OC)c(O)cc4C[C@@]3(c3ccc4ccccc4c3)C2)ccc1O. The molecule has 9 nitrogen and oxygen atoms in total. The second-order valence-electron chi connectivity index (χ2n) is 17.2. The number of ether oxygens (including phenoxy) is 4. The lowest BCUT2D eigenvalue weighted by atomic mass is 9.54. The zero-order valence-corrected chi connectivity index (χ0v) is 35.5. The van der Waals surface area contributed by atoms with Gasteiger partial charge in [-0.2, -0.15) is 0 Å². The summed E-state index contributed by atoms with van der Waals surface area (Å²) in [5, 5.41) is 36.3. The number of carbonyl (C=O) groups is 2. The molecule has 0 bridgehead atoms. The molecule has 0 saturated heterocycles. The minimum atomic E-state index is -0.658. The van der Waals surface area contributed by atoms with Crippen molar-refractivity contribution in [1.82, 2.24) is 0 Å². The summed E-state index contributed by atoms with van der Waals surface area (Å²) in [6.07, 6.45) is 0.916. The summed E-state index contributed by atoms with van der Waals surface area (Å²) in [4.78, 5) is 27.4. The van der Waals surface area contributed by atoms with Crippen LogP contribution < -0.4 is 9.47 Å². The van der Waals surface area contributed by atoms with Crippen molar-refractivity contribution in [3.63, 3.8) is 0 Å². The first-order valence-electron chi connectivity index (χ1n) is 21.4. The number of carbonyl (C=O) groups excluding carboxylic acids is 2. The maximum atomic E-state index is 14.2. The van der Waals surface area contributed by atoms with Gasteiger partial charge in [-0.1, -0.05) is 91.0 Å². The van der Waals surface area contributed by atoms with E-state index in [2.05, 4.69) is 30.3 Å². The molecule has 320 valence electrons. The molecule has 0 spiro atoms. The van der Waals surface area contributed by atoms with Crippen LogP contribution in [0.5, 0.6) is 28.7 Å². The summed E-state index contributed by atoms with van der Waals surface area (Å²) in [5.74, 6) is -0.430. The molecule has 0 radical (unpaired) electrons. The number of methoxy groups -OCH3 is 2. The van der Waals surface area contributed by atoms with Crippen molar-refractivity contribution in [1.29, 1.82) is 0 Å². The Hall–Kier alpha value is -7.00. The van der Waals surface area contributed by atoms with Crippen LogP contribution in [-0.4, -0.2) is 53.7 Å². The van der Waals surface area contributed by atoms with Crippen molar-refractivity contribution < 1.29 is 43.9 Å². The van der Waals surface area contributed by atoms with E-state index in [0.29, 0.717) is 37.2 Å². The molecule has 2 aliphatic carbocycles. The third kappa shape index (κ3) is 8.23. The average Bonchev–Trinajstić information content (AvgIpc) is 3.27. The van der Waals surface area contributed by atoms with Crippen molar-refractivity contribution >= 4 is 33.5 Å². The molecule has 0 aromatic heterocycles. The predicted molar refractivity (Wildman–Crippen MR) is 243 cm³/mol. The number of hydrogen-bond donors (Lipinski definition) is 3. The lowest BCUT2D eigenvalue weighted by molar-refractivity contribution is -0.160. The number of fused-ring (bicyclic) bond motifs is 4. The summed E-state index contributed by atoms with van der Waals surface area (Å²) >= 11 is 0. The predicted octanol–water partition coefficient (Wildman–Crippen LogP) is 10.5. The summed E-state index contributed by atoms with van der Waals surface area (Å²) < 4.78 is 24.1. The summed E-state index contributed by atoms with van der Waals surface area (Å²) in [7, 11) is 3.05. The molecule has 7 aromatic rings. The molecule has 1 fully saturated rings. The van der Waals surface area contributed by atoms with Gasteiger partial charge >= 0.3 is 11.9 Å². The van der Waals surface area contributed by atoms with E-state index < -0.39 is 29.6 Å². The van der Waals surface area contributed by atoms with Crippen LogP contribution in [-0.2, 0) is 43.7 Å². The van der Waals surface area contributed by atoms with E-state index in [9.17, 15) is 24.9 Å². The first kappa shape index (κ1) is 41.4. The van der Waals surface area contributed by atoms with Crippen LogP contribution >= 0.6 is 0 Å². The van der Waals surface area contributed by atoms with Crippen molar-refractivity contribution in [2.75, 3.05) is 14.2 Å². The first-order valence-corrected chi connectivity index (χ1v) is 21.4. The van der Waals surface area contributed by atoms with Gasteiger partial charge in [0.25, 0.3) is 0 Å². The molecular formula is C54H50O9. The highest BCUT2D eigenvalue weighted by molar-refractivity contribution is 5.98. The Morgan fingerprint density at radius 3 is 2.21 bits per heavy atom. The van der Waals surface area contributed by atoms with Gasteiger partial charge in [-0.05, 0) is 135 Å². The number of aromatic hydroxyl groups is 3. The van der Waals surface area contributed by atoms with Crippen LogP contribution in [0.4, 0.5) is 0 Å². The zero-order valence-electron chi connectivity index (χ0n) is 35.5. The minimum absolute atomic E-state index is 0.00139. The quantitative estimate of drug-likeness (QED) is 0.122. The Balaban J connectivity index is 1.14. The van der Waals surface area contributed by atoms with Crippen molar-refractivity contribution in [3.8, 4) is 39.9 Å². The highest BCUT2D eigenvalue weighted by Crippen LogP contribution is 2.55. The maximum Gasteiger partial charge on any atom is 0.310 e.